The molecule has 1 aliphatic rings. The van der Waals surface area contributed by atoms with Gasteiger partial charge in [-0.1, -0.05) is 42.5 Å². The van der Waals surface area contributed by atoms with E-state index in [9.17, 15) is 18.4 Å². The quantitative estimate of drug-likeness (QED) is 0.512. The van der Waals surface area contributed by atoms with Gasteiger partial charge >= 0.3 is 0 Å². The van der Waals surface area contributed by atoms with Gasteiger partial charge < -0.3 is 21.5 Å². The highest BCUT2D eigenvalue weighted by atomic mass is 19.3. The normalized spacial score (nSPS) is 17.3. The van der Waals surface area contributed by atoms with E-state index in [0.717, 1.165) is 11.1 Å². The van der Waals surface area contributed by atoms with Crippen LogP contribution in [0, 0.1) is 6.92 Å². The molecule has 8 nitrogen and oxygen atoms in total. The Morgan fingerprint density at radius 2 is 1.91 bits per heavy atom. The number of carbonyl (C=O) groups is 2. The number of hydrogen-bond donors (Lipinski definition) is 3. The molecule has 0 aliphatic carbocycles. The van der Waals surface area contributed by atoms with Crippen LogP contribution < -0.4 is 16.8 Å². The van der Waals surface area contributed by atoms with Crippen LogP contribution in [0.4, 0.5) is 14.6 Å². The van der Waals surface area contributed by atoms with E-state index in [0.29, 0.717) is 17.7 Å². The molecule has 2 aromatic carbocycles. The second kappa shape index (κ2) is 9.22. The lowest BCUT2D eigenvalue weighted by atomic mass is 10.0. The Morgan fingerprint density at radius 3 is 2.56 bits per heavy atom. The summed E-state index contributed by atoms with van der Waals surface area (Å²) in [5, 5.41) is 7.22. The number of ether oxygens (including phenoxy) is 1. The van der Waals surface area contributed by atoms with Crippen LogP contribution in [-0.2, 0) is 11.3 Å². The molecule has 3 aromatic rings. The van der Waals surface area contributed by atoms with Gasteiger partial charge in [-0.05, 0) is 24.1 Å². The Kier molecular flexibility index (Phi) is 6.34. The van der Waals surface area contributed by atoms with Crippen LogP contribution in [-0.4, -0.2) is 40.7 Å². The van der Waals surface area contributed by atoms with Crippen molar-refractivity contribution in [3.8, 4) is 11.3 Å². The number of primary amides is 1. The first-order chi connectivity index (χ1) is 16.2. The summed E-state index contributed by atoms with van der Waals surface area (Å²) in [5.41, 5.74) is 14.6. The summed E-state index contributed by atoms with van der Waals surface area (Å²) < 4.78 is 33.9. The number of alkyl halides is 2. The molecule has 10 heteroatoms. The van der Waals surface area contributed by atoms with E-state index in [4.69, 9.17) is 16.2 Å². The number of benzene rings is 2. The minimum absolute atomic E-state index is 0.00135. The maximum absolute atomic E-state index is 13.8. The third-order valence-corrected chi connectivity index (χ3v) is 5.77. The summed E-state index contributed by atoms with van der Waals surface area (Å²) in [4.78, 5) is 24.5. The van der Waals surface area contributed by atoms with E-state index in [1.165, 1.54) is 4.68 Å². The molecule has 0 spiro atoms. The first kappa shape index (κ1) is 23.4. The highest BCUT2D eigenvalue weighted by Crippen LogP contribution is 2.36. The molecule has 0 bridgehead atoms. The van der Waals surface area contributed by atoms with Crippen molar-refractivity contribution in [1.29, 1.82) is 0 Å². The highest BCUT2D eigenvalue weighted by molar-refractivity contribution is 6.03. The van der Waals surface area contributed by atoms with Gasteiger partial charge in [0.15, 0.2) is 0 Å². The minimum Gasteiger partial charge on any atom is -0.383 e. The predicted octanol–water partition coefficient (Wildman–Crippen LogP) is 3.07. The first-order valence-corrected chi connectivity index (χ1v) is 10.7. The Morgan fingerprint density at radius 1 is 1.21 bits per heavy atom. The summed E-state index contributed by atoms with van der Waals surface area (Å²) >= 11 is 0. The van der Waals surface area contributed by atoms with Crippen LogP contribution in [0.1, 0.15) is 44.3 Å². The first-order valence-electron chi connectivity index (χ1n) is 10.7. The molecule has 4 rings (SSSR count). The smallest absolute Gasteiger partial charge is 0.273 e. The van der Waals surface area contributed by atoms with Gasteiger partial charge in [0.25, 0.3) is 17.7 Å². The zero-order valence-corrected chi connectivity index (χ0v) is 18.6. The van der Waals surface area contributed by atoms with Gasteiger partial charge in [-0.15, -0.1) is 0 Å². The zero-order chi connectivity index (χ0) is 24.5. The molecule has 1 unspecified atom stereocenters. The molecule has 1 aliphatic heterocycles. The lowest BCUT2D eigenvalue weighted by Gasteiger charge is -2.29. The molecular weight excluding hydrogens is 444 g/mol. The molecule has 1 saturated heterocycles. The minimum atomic E-state index is -3.02. The Balaban J connectivity index is 1.54. The van der Waals surface area contributed by atoms with Gasteiger partial charge in [0.05, 0.1) is 12.6 Å². The van der Waals surface area contributed by atoms with E-state index in [-0.39, 0.29) is 29.6 Å². The van der Waals surface area contributed by atoms with Crippen molar-refractivity contribution in [3.63, 3.8) is 0 Å². The number of hydrogen-bond acceptors (Lipinski definition) is 5. The number of nitrogens with one attached hydrogen (secondary N) is 1. The zero-order valence-electron chi connectivity index (χ0n) is 18.6. The average Bonchev–Trinajstić information content (AvgIpc) is 3.15. The molecule has 34 heavy (non-hydrogen) atoms. The molecule has 1 atom stereocenters. The fourth-order valence-electron chi connectivity index (χ4n) is 4.02. The molecule has 0 radical (unpaired) electrons. The lowest BCUT2D eigenvalue weighted by molar-refractivity contribution is -0.133. The summed E-state index contributed by atoms with van der Waals surface area (Å²) in [6.45, 7) is 1.49. The number of aryl methyl sites for hydroxylation is 1. The average molecular weight is 469 g/mol. The molecule has 2 heterocycles. The lowest BCUT2D eigenvalue weighted by Crippen LogP contribution is -2.37. The summed E-state index contributed by atoms with van der Waals surface area (Å²) in [6, 6.07) is 13.4. The molecule has 1 aromatic heterocycles. The molecule has 178 valence electrons. The summed E-state index contributed by atoms with van der Waals surface area (Å²) in [6.07, 6.45) is -0.504. The topological polar surface area (TPSA) is 125 Å². The Hall–Kier alpha value is -3.79. The van der Waals surface area contributed by atoms with Gasteiger partial charge in [0, 0.05) is 24.1 Å². The highest BCUT2D eigenvalue weighted by Gasteiger charge is 2.40. The maximum Gasteiger partial charge on any atom is 0.273 e. The fourth-order valence-corrected chi connectivity index (χ4v) is 4.02. The number of aromatic nitrogens is 2. The van der Waals surface area contributed by atoms with Crippen molar-refractivity contribution in [2.45, 2.75) is 31.9 Å². The van der Waals surface area contributed by atoms with Crippen LogP contribution in [0.3, 0.4) is 0 Å². The van der Waals surface area contributed by atoms with E-state index in [2.05, 4.69) is 10.4 Å². The molecule has 1 fully saturated rings. The van der Waals surface area contributed by atoms with Crippen LogP contribution in [0.2, 0.25) is 0 Å². The number of anilines is 1. The maximum atomic E-state index is 13.8. The monoisotopic (exact) mass is 469 g/mol. The molecular formula is C24H25F2N5O3. The van der Waals surface area contributed by atoms with Gasteiger partial charge in [-0.3, -0.25) is 9.59 Å². The van der Waals surface area contributed by atoms with Crippen LogP contribution in [0.25, 0.3) is 11.3 Å². The van der Waals surface area contributed by atoms with Crippen molar-refractivity contribution in [2.24, 2.45) is 5.73 Å². The van der Waals surface area contributed by atoms with Crippen LogP contribution in [0.15, 0.2) is 48.5 Å². The standard InChI is InChI=1S/C24H25F2N5O3/c1-14-4-2-3-5-18(14)23(33)29-11-15-6-8-16(9-7-15)20-19(22(28)32)21(27)31(30-20)17-10-24(25,26)13-34-12-17/h2-9,17H,10-13,27H2,1H3,(H2,28,32)(H,29,33). The van der Waals surface area contributed by atoms with Crippen molar-refractivity contribution >= 4 is 17.6 Å². The second-order valence-corrected chi connectivity index (χ2v) is 8.34. The SMILES string of the molecule is Cc1ccccc1C(=O)NCc1ccc(-c2nn(C3COCC(F)(F)C3)c(N)c2C(N)=O)cc1. The third-order valence-electron chi connectivity index (χ3n) is 5.77. The second-order valence-electron chi connectivity index (χ2n) is 8.34. The van der Waals surface area contributed by atoms with Crippen LogP contribution in [0.5, 0.6) is 0 Å². The Bertz CT molecular complexity index is 1220. The predicted molar refractivity (Wildman–Crippen MR) is 122 cm³/mol. The van der Waals surface area contributed by atoms with Gasteiger partial charge in [0.1, 0.15) is 23.7 Å². The van der Waals surface area contributed by atoms with E-state index < -0.39 is 30.9 Å². The van der Waals surface area contributed by atoms with E-state index in [1.807, 2.05) is 19.1 Å². The van der Waals surface area contributed by atoms with Crippen molar-refractivity contribution in [2.75, 3.05) is 18.9 Å². The molecule has 5 N–H and O–H groups in total. The summed E-state index contributed by atoms with van der Waals surface area (Å²) in [5.74, 6) is -4.09. The van der Waals surface area contributed by atoms with Crippen molar-refractivity contribution in [1.82, 2.24) is 15.1 Å². The molecule has 0 saturated carbocycles. The number of nitrogens with zero attached hydrogens (tertiary/aromatic N) is 2. The van der Waals surface area contributed by atoms with Gasteiger partial charge in [-0.25, -0.2) is 13.5 Å². The Labute approximate surface area is 194 Å². The summed E-state index contributed by atoms with van der Waals surface area (Å²) in [7, 11) is 0. The third kappa shape index (κ3) is 4.76. The number of rotatable bonds is 6. The number of carbonyl (C=O) groups excluding carboxylic acids is 2. The van der Waals surface area contributed by atoms with Crippen molar-refractivity contribution in [3.05, 3.63) is 70.8 Å². The van der Waals surface area contributed by atoms with E-state index >= 15 is 0 Å². The number of halogens is 2. The van der Waals surface area contributed by atoms with Crippen molar-refractivity contribution < 1.29 is 23.1 Å². The number of nitrogens with two attached hydrogens (primary N) is 2. The number of amides is 2. The van der Waals surface area contributed by atoms with Gasteiger partial charge in [0.2, 0.25) is 0 Å². The van der Waals surface area contributed by atoms with Crippen LogP contribution >= 0.6 is 0 Å². The largest absolute Gasteiger partial charge is 0.383 e. The van der Waals surface area contributed by atoms with Gasteiger partial charge in [-0.2, -0.15) is 5.10 Å². The van der Waals surface area contributed by atoms with E-state index in [1.54, 1.807) is 36.4 Å². The number of nitrogen functional groups attached to an aromatic ring is 1. The fraction of sp³-hybridized carbons (Fsp3) is 0.292. The molecule has 2 amide bonds.